The maximum atomic E-state index is 10.1. The van der Waals surface area contributed by atoms with Crippen molar-refractivity contribution in [2.45, 2.75) is 20.8 Å². The Morgan fingerprint density at radius 3 is 0.759 bits per heavy atom. The Balaban J connectivity index is -0.0000000984. The summed E-state index contributed by atoms with van der Waals surface area (Å²) in [7, 11) is 0. The topological polar surface area (TPSA) is 279 Å². The Kier molecular flexibility index (Phi) is 34.0. The Bertz CT molecular complexity index is 416. The first-order valence-corrected chi connectivity index (χ1v) is 7.39. The minimum absolute atomic E-state index is 0.597. The molecule has 0 atom stereocenters. The van der Waals surface area contributed by atoms with Gasteiger partial charge in [0, 0.05) is 33.9 Å². The molecule has 29 heavy (non-hydrogen) atoms. The summed E-state index contributed by atoms with van der Waals surface area (Å²) in [4.78, 5) is 58.2. The largest absolute Gasteiger partial charge is 0.481 e. The smallest absolute Gasteiger partial charge is 0.317 e. The molecule has 0 amide bonds. The predicted molar refractivity (Wildman–Crippen MR) is 97.4 cm³/mol. The Morgan fingerprint density at radius 1 is 0.552 bits per heavy atom. The van der Waals surface area contributed by atoms with Crippen molar-refractivity contribution in [1.82, 2.24) is 4.90 Å². The van der Waals surface area contributed by atoms with E-state index in [9.17, 15) is 14.4 Å². The second kappa shape index (κ2) is 26.9. The molecule has 0 bridgehead atoms. The van der Waals surface area contributed by atoms with E-state index in [0.717, 1.165) is 25.7 Å². The molecule has 0 saturated heterocycles. The number of hydrogen-bond acceptors (Lipinski definition) is 9. The number of carbonyl (C=O) groups is 6. The fraction of sp³-hybridized carbons (Fsp3) is 0.571. The van der Waals surface area contributed by atoms with Crippen LogP contribution in [0.5, 0.6) is 0 Å². The summed E-state index contributed by atoms with van der Waals surface area (Å²) in [5.74, 6) is -6.28. The van der Waals surface area contributed by atoms with Crippen molar-refractivity contribution in [3.05, 3.63) is 0 Å². The van der Waals surface area contributed by atoms with Crippen LogP contribution < -0.4 is 11.5 Å². The highest BCUT2D eigenvalue weighted by atomic mass is 16.4. The van der Waals surface area contributed by atoms with Gasteiger partial charge in [-0.15, -0.1) is 0 Å². The van der Waals surface area contributed by atoms with E-state index in [4.69, 9.17) is 56.5 Å². The molecule has 10 N–H and O–H groups in total. The molecule has 15 heteroatoms. The molecule has 0 aliphatic rings. The van der Waals surface area contributed by atoms with Gasteiger partial charge in [0.2, 0.25) is 0 Å². The second-order valence-electron chi connectivity index (χ2n) is 4.46. The summed E-state index contributed by atoms with van der Waals surface area (Å²) < 4.78 is 0. The molecule has 0 aromatic carbocycles. The van der Waals surface area contributed by atoms with Crippen LogP contribution in [0.1, 0.15) is 20.8 Å². The van der Waals surface area contributed by atoms with Crippen molar-refractivity contribution in [2.24, 2.45) is 11.5 Å². The van der Waals surface area contributed by atoms with Crippen LogP contribution in [-0.4, -0.2) is 104 Å². The summed E-state index contributed by atoms with van der Waals surface area (Å²) in [5.41, 5.74) is 9.81. The van der Waals surface area contributed by atoms with Crippen LogP contribution in [0.3, 0.4) is 0 Å². The van der Waals surface area contributed by atoms with E-state index in [1.807, 2.05) is 0 Å². The third kappa shape index (κ3) is 135. The van der Waals surface area contributed by atoms with E-state index < -0.39 is 55.5 Å². The quantitative estimate of drug-likeness (QED) is 0.211. The molecule has 15 nitrogen and oxygen atoms in total. The molecular formula is C14H29N3O12. The number of carboxylic acid groups (broad SMARTS) is 6. The molecule has 0 aromatic heterocycles. The zero-order valence-corrected chi connectivity index (χ0v) is 16.3. The van der Waals surface area contributed by atoms with Crippen LogP contribution in [0.15, 0.2) is 0 Å². The van der Waals surface area contributed by atoms with E-state index in [1.165, 1.54) is 0 Å². The first-order chi connectivity index (χ1) is 13.0. The molecule has 0 heterocycles. The monoisotopic (exact) mass is 431 g/mol. The lowest BCUT2D eigenvalue weighted by molar-refractivity contribution is -0.145. The van der Waals surface area contributed by atoms with Gasteiger partial charge in [-0.1, -0.05) is 0 Å². The molecule has 0 saturated carbocycles. The molecular weight excluding hydrogens is 402 g/mol. The number of aliphatic carboxylic acids is 6. The molecule has 0 rings (SSSR count). The lowest BCUT2D eigenvalue weighted by Gasteiger charge is -2.14. The number of rotatable bonds is 7. The number of nitrogens with two attached hydrogens (primary N) is 2. The van der Waals surface area contributed by atoms with Crippen molar-refractivity contribution in [1.29, 1.82) is 0 Å². The van der Waals surface area contributed by atoms with Gasteiger partial charge in [0.1, 0.15) is 0 Å². The van der Waals surface area contributed by atoms with Crippen molar-refractivity contribution in [2.75, 3.05) is 32.7 Å². The van der Waals surface area contributed by atoms with Gasteiger partial charge < -0.3 is 42.1 Å². The summed E-state index contributed by atoms with van der Waals surface area (Å²) in [6.45, 7) is 2.65. The first-order valence-electron chi connectivity index (χ1n) is 7.39. The minimum atomic E-state index is -1.26. The van der Waals surface area contributed by atoms with Crippen LogP contribution in [0.2, 0.25) is 0 Å². The number of hydrogen-bond donors (Lipinski definition) is 8. The minimum Gasteiger partial charge on any atom is -0.481 e. The standard InChI is InChI=1S/C6H9NO6.C2H8N2.3C2H4O2/c8-4(9)1-7(2-5(10)11)3-6(12)13;3-1-2-4;3*1-2(3)4/h1-3H2,(H,8,9)(H,10,11)(H,12,13);1-4H2;3*1H3,(H,3,4). The second-order valence-corrected chi connectivity index (χ2v) is 4.46. The van der Waals surface area contributed by atoms with Crippen molar-refractivity contribution in [3.8, 4) is 0 Å². The zero-order chi connectivity index (χ0) is 24.6. The highest BCUT2D eigenvalue weighted by Crippen LogP contribution is 1.87. The van der Waals surface area contributed by atoms with Crippen molar-refractivity contribution >= 4 is 35.8 Å². The Labute approximate surface area is 166 Å². The fourth-order valence-corrected chi connectivity index (χ4v) is 0.742. The zero-order valence-electron chi connectivity index (χ0n) is 16.3. The van der Waals surface area contributed by atoms with Crippen LogP contribution in [-0.2, 0) is 28.8 Å². The molecule has 0 unspecified atom stereocenters. The molecule has 0 spiro atoms. The Morgan fingerprint density at radius 2 is 0.690 bits per heavy atom. The van der Waals surface area contributed by atoms with Crippen LogP contribution in [0.25, 0.3) is 0 Å². The third-order valence-electron chi connectivity index (χ3n) is 1.24. The Hall–Kier alpha value is -3.30. The fourth-order valence-electron chi connectivity index (χ4n) is 0.742. The van der Waals surface area contributed by atoms with Crippen molar-refractivity contribution < 1.29 is 59.4 Å². The summed E-state index contributed by atoms with van der Waals surface area (Å²) in [6.07, 6.45) is 0. The maximum Gasteiger partial charge on any atom is 0.317 e. The molecule has 0 radical (unpaired) electrons. The van der Waals surface area contributed by atoms with Crippen LogP contribution >= 0.6 is 0 Å². The van der Waals surface area contributed by atoms with Crippen LogP contribution in [0.4, 0.5) is 0 Å². The highest BCUT2D eigenvalue weighted by Gasteiger charge is 2.15. The summed E-state index contributed by atoms with van der Waals surface area (Å²) >= 11 is 0. The molecule has 0 aliphatic heterocycles. The lowest BCUT2D eigenvalue weighted by atomic mass is 10.4. The van der Waals surface area contributed by atoms with Gasteiger partial charge in [-0.3, -0.25) is 33.7 Å². The molecule has 0 fully saturated rings. The highest BCUT2D eigenvalue weighted by molar-refractivity contribution is 5.75. The number of carboxylic acids is 6. The van der Waals surface area contributed by atoms with E-state index in [2.05, 4.69) is 0 Å². The molecule has 0 aromatic rings. The maximum absolute atomic E-state index is 10.1. The average Bonchev–Trinajstić information content (AvgIpc) is 2.43. The molecule has 172 valence electrons. The van der Waals surface area contributed by atoms with Gasteiger partial charge in [0.25, 0.3) is 17.9 Å². The third-order valence-corrected chi connectivity index (χ3v) is 1.24. The van der Waals surface area contributed by atoms with Crippen LogP contribution in [0, 0.1) is 0 Å². The summed E-state index contributed by atoms with van der Waals surface area (Å²) in [5, 5.41) is 47.1. The lowest BCUT2D eigenvalue weighted by Crippen LogP contribution is -2.38. The van der Waals surface area contributed by atoms with Crippen molar-refractivity contribution in [3.63, 3.8) is 0 Å². The predicted octanol–water partition coefficient (Wildman–Crippen LogP) is -2.28. The molecule has 0 aliphatic carbocycles. The van der Waals surface area contributed by atoms with E-state index in [-0.39, 0.29) is 0 Å². The SMILES string of the molecule is CC(=O)O.CC(=O)O.CC(=O)O.NCCN.O=C(O)CN(CC(=O)O)CC(=O)O. The van der Waals surface area contributed by atoms with E-state index in [1.54, 1.807) is 0 Å². The average molecular weight is 431 g/mol. The van der Waals surface area contributed by atoms with E-state index in [0.29, 0.717) is 13.1 Å². The van der Waals surface area contributed by atoms with Gasteiger partial charge in [-0.25, -0.2) is 0 Å². The first kappa shape index (κ1) is 36.6. The van der Waals surface area contributed by atoms with Gasteiger partial charge >= 0.3 is 17.9 Å². The van der Waals surface area contributed by atoms with Gasteiger partial charge in [0.15, 0.2) is 0 Å². The van der Waals surface area contributed by atoms with E-state index >= 15 is 0 Å². The van der Waals surface area contributed by atoms with Gasteiger partial charge in [-0.05, 0) is 0 Å². The summed E-state index contributed by atoms with van der Waals surface area (Å²) in [6, 6.07) is 0. The van der Waals surface area contributed by atoms with Gasteiger partial charge in [0.05, 0.1) is 19.6 Å². The normalized spacial score (nSPS) is 8.07. The van der Waals surface area contributed by atoms with Gasteiger partial charge in [-0.2, -0.15) is 0 Å². The number of nitrogens with zero attached hydrogens (tertiary/aromatic N) is 1.